The van der Waals surface area contributed by atoms with Gasteiger partial charge < -0.3 is 9.47 Å². The summed E-state index contributed by atoms with van der Waals surface area (Å²) in [5, 5.41) is 0. The van der Waals surface area contributed by atoms with Gasteiger partial charge in [-0.3, -0.25) is 23.7 Å². The molecule has 0 radical (unpaired) electrons. The lowest BCUT2D eigenvalue weighted by Crippen LogP contribution is -2.44. The maximum Gasteiger partial charge on any atom is 0.338 e. The smallest absolute Gasteiger partial charge is 0.338 e. The SMILES string of the molecule is CCOC(=O)[C@@H]1CC(n2ccc(=O)n(C(=O)c3ccccc3)c2=O)C[C@H]1C(=O)OCC. The number of benzene rings is 1. The highest BCUT2D eigenvalue weighted by Crippen LogP contribution is 2.40. The zero-order chi connectivity index (χ0) is 22.5. The van der Waals surface area contributed by atoms with Crippen LogP contribution in [0.25, 0.3) is 0 Å². The van der Waals surface area contributed by atoms with Crippen molar-refractivity contribution in [3.05, 3.63) is 69.0 Å². The van der Waals surface area contributed by atoms with Crippen LogP contribution in [0, 0.1) is 11.8 Å². The summed E-state index contributed by atoms with van der Waals surface area (Å²) in [5.41, 5.74) is -1.38. The second-order valence-electron chi connectivity index (χ2n) is 7.19. The predicted octanol–water partition coefficient (Wildman–Crippen LogP) is 1.39. The topological polar surface area (TPSA) is 114 Å². The number of esters is 2. The molecule has 0 bridgehead atoms. The average molecular weight is 428 g/mol. The summed E-state index contributed by atoms with van der Waals surface area (Å²) in [6, 6.07) is 8.54. The van der Waals surface area contributed by atoms with Gasteiger partial charge in [-0.05, 0) is 38.8 Å². The van der Waals surface area contributed by atoms with Crippen LogP contribution in [0.1, 0.15) is 43.1 Å². The number of aromatic nitrogens is 2. The van der Waals surface area contributed by atoms with Crippen molar-refractivity contribution in [2.75, 3.05) is 13.2 Å². The van der Waals surface area contributed by atoms with Crippen LogP contribution in [0.5, 0.6) is 0 Å². The summed E-state index contributed by atoms with van der Waals surface area (Å²) < 4.78 is 12.0. The molecule has 1 aliphatic carbocycles. The lowest BCUT2D eigenvalue weighted by atomic mass is 9.96. The number of hydrogen-bond acceptors (Lipinski definition) is 7. The van der Waals surface area contributed by atoms with Gasteiger partial charge in [-0.1, -0.05) is 18.2 Å². The molecule has 164 valence electrons. The first-order valence-corrected chi connectivity index (χ1v) is 10.2. The molecule has 1 saturated carbocycles. The molecular formula is C22H24N2O7. The molecule has 2 aromatic rings. The van der Waals surface area contributed by atoms with Gasteiger partial charge in [0, 0.05) is 23.9 Å². The highest BCUT2D eigenvalue weighted by molar-refractivity contribution is 5.95. The van der Waals surface area contributed by atoms with Gasteiger partial charge in [-0.2, -0.15) is 4.57 Å². The monoisotopic (exact) mass is 428 g/mol. The first-order valence-electron chi connectivity index (χ1n) is 10.2. The molecule has 0 unspecified atom stereocenters. The third-order valence-corrected chi connectivity index (χ3v) is 5.34. The third-order valence-electron chi connectivity index (χ3n) is 5.34. The van der Waals surface area contributed by atoms with E-state index in [1.54, 1.807) is 32.0 Å². The van der Waals surface area contributed by atoms with Crippen molar-refractivity contribution in [2.45, 2.75) is 32.7 Å². The maximum absolute atomic E-state index is 13.1. The molecule has 1 fully saturated rings. The van der Waals surface area contributed by atoms with E-state index in [1.807, 2.05) is 0 Å². The van der Waals surface area contributed by atoms with Crippen molar-refractivity contribution in [1.82, 2.24) is 9.13 Å². The Kier molecular flexibility index (Phi) is 6.84. The number of ether oxygens (including phenoxy) is 2. The lowest BCUT2D eigenvalue weighted by Gasteiger charge is -2.15. The van der Waals surface area contributed by atoms with E-state index >= 15 is 0 Å². The van der Waals surface area contributed by atoms with Crippen molar-refractivity contribution < 1.29 is 23.9 Å². The Morgan fingerprint density at radius 2 is 1.45 bits per heavy atom. The molecule has 0 amide bonds. The number of hydrogen-bond donors (Lipinski definition) is 0. The molecule has 0 spiro atoms. The number of nitrogens with zero attached hydrogens (tertiary/aromatic N) is 2. The summed E-state index contributed by atoms with van der Waals surface area (Å²) >= 11 is 0. The van der Waals surface area contributed by atoms with Gasteiger partial charge in [0.15, 0.2) is 0 Å². The van der Waals surface area contributed by atoms with E-state index in [0.29, 0.717) is 4.57 Å². The molecule has 3 rings (SSSR count). The molecule has 9 nitrogen and oxygen atoms in total. The number of rotatable bonds is 6. The number of carbonyl (C=O) groups excluding carboxylic acids is 3. The fourth-order valence-electron chi connectivity index (χ4n) is 3.92. The van der Waals surface area contributed by atoms with Gasteiger partial charge in [0.1, 0.15) is 0 Å². The fraction of sp³-hybridized carbons (Fsp3) is 0.409. The van der Waals surface area contributed by atoms with Crippen molar-refractivity contribution >= 4 is 17.8 Å². The number of carbonyl (C=O) groups is 3. The van der Waals surface area contributed by atoms with Crippen LogP contribution in [0.3, 0.4) is 0 Å². The van der Waals surface area contributed by atoms with E-state index in [2.05, 4.69) is 0 Å². The predicted molar refractivity (Wildman–Crippen MR) is 110 cm³/mol. The van der Waals surface area contributed by atoms with Crippen molar-refractivity contribution in [3.63, 3.8) is 0 Å². The van der Waals surface area contributed by atoms with Crippen LogP contribution in [0.2, 0.25) is 0 Å². The molecule has 0 N–H and O–H groups in total. The van der Waals surface area contributed by atoms with Crippen LogP contribution < -0.4 is 11.2 Å². The minimum atomic E-state index is -0.821. The molecule has 9 heteroatoms. The molecular weight excluding hydrogens is 404 g/mol. The van der Waals surface area contributed by atoms with Gasteiger partial charge in [-0.25, -0.2) is 4.79 Å². The Hall–Kier alpha value is -3.49. The zero-order valence-corrected chi connectivity index (χ0v) is 17.4. The van der Waals surface area contributed by atoms with Crippen LogP contribution in [-0.4, -0.2) is 40.2 Å². The van der Waals surface area contributed by atoms with E-state index < -0.39 is 47.0 Å². The Morgan fingerprint density at radius 3 is 1.97 bits per heavy atom. The molecule has 2 atom stereocenters. The third kappa shape index (κ3) is 4.50. The van der Waals surface area contributed by atoms with Gasteiger partial charge in [0.05, 0.1) is 25.0 Å². The molecule has 1 aliphatic rings. The minimum Gasteiger partial charge on any atom is -0.466 e. The summed E-state index contributed by atoms with van der Waals surface area (Å²) in [4.78, 5) is 63.0. The van der Waals surface area contributed by atoms with E-state index in [-0.39, 0.29) is 31.6 Å². The summed E-state index contributed by atoms with van der Waals surface area (Å²) in [7, 11) is 0. The normalized spacial score (nSPS) is 18.5. The molecule has 1 aromatic carbocycles. The van der Waals surface area contributed by atoms with E-state index in [9.17, 15) is 24.0 Å². The largest absolute Gasteiger partial charge is 0.466 e. The fourth-order valence-corrected chi connectivity index (χ4v) is 3.92. The second kappa shape index (κ2) is 9.55. The highest BCUT2D eigenvalue weighted by Gasteiger charge is 2.45. The lowest BCUT2D eigenvalue weighted by molar-refractivity contribution is -0.158. The van der Waals surface area contributed by atoms with E-state index in [4.69, 9.17) is 9.47 Å². The Balaban J connectivity index is 1.98. The van der Waals surface area contributed by atoms with Crippen molar-refractivity contribution in [3.8, 4) is 0 Å². The highest BCUT2D eigenvalue weighted by atomic mass is 16.5. The molecule has 0 aliphatic heterocycles. The minimum absolute atomic E-state index is 0.153. The maximum atomic E-state index is 13.1. The van der Waals surface area contributed by atoms with Gasteiger partial charge >= 0.3 is 17.6 Å². The Bertz CT molecular complexity index is 1060. The Morgan fingerprint density at radius 1 is 0.903 bits per heavy atom. The second-order valence-corrected chi connectivity index (χ2v) is 7.19. The van der Waals surface area contributed by atoms with Crippen LogP contribution >= 0.6 is 0 Å². The Labute approximate surface area is 178 Å². The molecule has 1 heterocycles. The summed E-state index contributed by atoms with van der Waals surface area (Å²) in [6.07, 6.45) is 1.60. The van der Waals surface area contributed by atoms with Crippen LogP contribution in [-0.2, 0) is 19.1 Å². The van der Waals surface area contributed by atoms with Crippen molar-refractivity contribution in [1.29, 1.82) is 0 Å². The average Bonchev–Trinajstić information content (AvgIpc) is 3.20. The first kappa shape index (κ1) is 22.2. The summed E-state index contributed by atoms with van der Waals surface area (Å²) in [6.45, 7) is 3.65. The first-order chi connectivity index (χ1) is 14.9. The quantitative estimate of drug-likeness (QED) is 0.639. The van der Waals surface area contributed by atoms with Gasteiger partial charge in [0.2, 0.25) is 0 Å². The van der Waals surface area contributed by atoms with Gasteiger partial charge in [-0.15, -0.1) is 0 Å². The molecule has 31 heavy (non-hydrogen) atoms. The van der Waals surface area contributed by atoms with E-state index in [1.165, 1.54) is 22.9 Å². The van der Waals surface area contributed by atoms with Crippen LogP contribution in [0.4, 0.5) is 0 Å². The standard InChI is InChI=1S/C22H24N2O7/c1-3-30-20(27)16-12-15(13-17(16)21(28)31-4-2)23-11-10-18(25)24(22(23)29)19(26)14-8-6-5-7-9-14/h5-11,15-17H,3-4,12-13H2,1-2H3/t16-,17-/m1/s1. The summed E-state index contributed by atoms with van der Waals surface area (Å²) in [5.74, 6) is -3.37. The van der Waals surface area contributed by atoms with Crippen LogP contribution in [0.15, 0.2) is 52.2 Å². The molecule has 0 saturated heterocycles. The molecule has 1 aromatic heterocycles. The van der Waals surface area contributed by atoms with Crippen molar-refractivity contribution in [2.24, 2.45) is 11.8 Å². The van der Waals surface area contributed by atoms with E-state index in [0.717, 1.165) is 6.07 Å². The zero-order valence-electron chi connectivity index (χ0n) is 17.4. The van der Waals surface area contributed by atoms with Gasteiger partial charge in [0.25, 0.3) is 11.5 Å².